The van der Waals surface area contributed by atoms with Crippen molar-refractivity contribution in [2.24, 2.45) is 16.3 Å². The first-order valence-electron chi connectivity index (χ1n) is 6.73. The number of carbonyl (C=O) groups is 2. The summed E-state index contributed by atoms with van der Waals surface area (Å²) in [5, 5.41) is 0. The zero-order valence-corrected chi connectivity index (χ0v) is 12.4. The zero-order chi connectivity index (χ0) is 14.9. The second-order valence-electron chi connectivity index (χ2n) is 6.20. The van der Waals surface area contributed by atoms with Crippen molar-refractivity contribution in [2.45, 2.75) is 20.8 Å². The van der Waals surface area contributed by atoms with Crippen LogP contribution in [0.1, 0.15) is 31.1 Å². The highest BCUT2D eigenvalue weighted by molar-refractivity contribution is 6.12. The lowest BCUT2D eigenvalue weighted by Crippen LogP contribution is -2.41. The summed E-state index contributed by atoms with van der Waals surface area (Å²) in [5.74, 6) is -0.303. The Labute approximate surface area is 119 Å². The van der Waals surface area contributed by atoms with Gasteiger partial charge in [-0.25, -0.2) is 0 Å². The second-order valence-corrected chi connectivity index (χ2v) is 6.20. The summed E-state index contributed by atoms with van der Waals surface area (Å²) in [7, 11) is 1.73. The van der Waals surface area contributed by atoms with Gasteiger partial charge in [-0.1, -0.05) is 32.9 Å². The molecule has 0 aromatic heterocycles. The molecule has 1 aliphatic heterocycles. The molecule has 1 amide bonds. The normalized spacial score (nSPS) is 17.8. The molecule has 4 nitrogen and oxygen atoms in total. The molecule has 106 valence electrons. The Hall–Kier alpha value is -1.97. The minimum absolute atomic E-state index is 0.0255. The number of Topliss-reactive ketones (excluding diaryl/α,β-unsaturated/α-hetero) is 1. The fourth-order valence-electron chi connectivity index (χ4n) is 2.31. The summed E-state index contributed by atoms with van der Waals surface area (Å²) >= 11 is 0. The number of para-hydroxylation sites is 1. The first-order chi connectivity index (χ1) is 9.30. The maximum atomic E-state index is 12.4. The fourth-order valence-corrected chi connectivity index (χ4v) is 2.31. The van der Waals surface area contributed by atoms with E-state index < -0.39 is 5.41 Å². The molecule has 2 rings (SSSR count). The van der Waals surface area contributed by atoms with Crippen LogP contribution in [-0.4, -0.2) is 36.4 Å². The van der Waals surface area contributed by atoms with Crippen molar-refractivity contribution in [2.75, 3.05) is 13.6 Å². The van der Waals surface area contributed by atoms with Crippen LogP contribution in [0, 0.1) is 11.3 Å². The molecule has 0 saturated heterocycles. The highest BCUT2D eigenvalue weighted by atomic mass is 16.2. The third kappa shape index (κ3) is 2.79. The van der Waals surface area contributed by atoms with Gasteiger partial charge in [0, 0.05) is 30.8 Å². The van der Waals surface area contributed by atoms with Gasteiger partial charge in [0.2, 0.25) is 5.91 Å². The topological polar surface area (TPSA) is 49.7 Å². The van der Waals surface area contributed by atoms with E-state index in [1.54, 1.807) is 24.2 Å². The van der Waals surface area contributed by atoms with Crippen LogP contribution in [0.3, 0.4) is 0 Å². The summed E-state index contributed by atoms with van der Waals surface area (Å²) in [5.41, 5.74) is 0.900. The summed E-state index contributed by atoms with van der Waals surface area (Å²) < 4.78 is 0. The number of carbonyl (C=O) groups excluding carboxylic acids is 2. The zero-order valence-electron chi connectivity index (χ0n) is 12.4. The molecule has 0 aliphatic carbocycles. The Morgan fingerprint density at radius 3 is 2.60 bits per heavy atom. The van der Waals surface area contributed by atoms with Gasteiger partial charge in [-0.3, -0.25) is 14.6 Å². The van der Waals surface area contributed by atoms with E-state index in [1.807, 2.05) is 39.0 Å². The monoisotopic (exact) mass is 272 g/mol. The van der Waals surface area contributed by atoms with Crippen molar-refractivity contribution in [3.63, 3.8) is 0 Å². The van der Waals surface area contributed by atoms with Crippen molar-refractivity contribution in [1.29, 1.82) is 0 Å². The molecule has 0 saturated carbocycles. The smallest absolute Gasteiger partial charge is 0.227 e. The molecule has 1 atom stereocenters. The van der Waals surface area contributed by atoms with Gasteiger partial charge in [0.05, 0.1) is 11.6 Å². The van der Waals surface area contributed by atoms with Gasteiger partial charge in [-0.05, 0) is 12.1 Å². The maximum absolute atomic E-state index is 12.4. The minimum atomic E-state index is -0.443. The molecular weight excluding hydrogens is 252 g/mol. The first-order valence-corrected chi connectivity index (χ1v) is 6.73. The number of aliphatic imine (C=N–C) groups is 1. The SMILES string of the molecule is CN(CC1C=Nc2ccccc2C1=O)C(=O)C(C)(C)C. The van der Waals surface area contributed by atoms with Crippen molar-refractivity contribution < 1.29 is 9.59 Å². The third-order valence-electron chi connectivity index (χ3n) is 3.36. The molecule has 0 fully saturated rings. The number of hydrogen-bond acceptors (Lipinski definition) is 3. The third-order valence-corrected chi connectivity index (χ3v) is 3.36. The summed E-state index contributed by atoms with van der Waals surface area (Å²) in [6, 6.07) is 7.30. The minimum Gasteiger partial charge on any atom is -0.344 e. The number of amides is 1. The van der Waals surface area contributed by atoms with Crippen molar-refractivity contribution in [3.05, 3.63) is 29.8 Å². The van der Waals surface area contributed by atoms with Crippen LogP contribution < -0.4 is 0 Å². The molecule has 0 radical (unpaired) electrons. The first kappa shape index (κ1) is 14.4. The number of fused-ring (bicyclic) bond motifs is 1. The molecule has 1 aromatic carbocycles. The standard InChI is InChI=1S/C16H20N2O2/c1-16(2,3)15(20)18(4)10-11-9-17-13-8-6-5-7-12(13)14(11)19/h5-9,11H,10H2,1-4H3. The predicted octanol–water partition coefficient (Wildman–Crippen LogP) is 2.71. The molecular formula is C16H20N2O2. The Balaban J connectivity index is 2.14. The van der Waals surface area contributed by atoms with Gasteiger partial charge in [0.15, 0.2) is 5.78 Å². The van der Waals surface area contributed by atoms with E-state index in [0.29, 0.717) is 17.8 Å². The van der Waals surface area contributed by atoms with Gasteiger partial charge in [0.25, 0.3) is 0 Å². The molecule has 0 spiro atoms. The fraction of sp³-hybridized carbons (Fsp3) is 0.438. The summed E-state index contributed by atoms with van der Waals surface area (Å²) in [6.07, 6.45) is 1.65. The Morgan fingerprint density at radius 1 is 1.30 bits per heavy atom. The van der Waals surface area contributed by atoms with Crippen LogP contribution in [0.2, 0.25) is 0 Å². The Morgan fingerprint density at radius 2 is 1.95 bits per heavy atom. The van der Waals surface area contributed by atoms with Gasteiger partial charge in [0.1, 0.15) is 0 Å². The molecule has 20 heavy (non-hydrogen) atoms. The van der Waals surface area contributed by atoms with Crippen molar-refractivity contribution >= 4 is 23.6 Å². The number of rotatable bonds is 2. The molecule has 1 aromatic rings. The van der Waals surface area contributed by atoms with E-state index in [0.717, 1.165) is 0 Å². The lowest BCUT2D eigenvalue weighted by molar-refractivity contribution is -0.138. The van der Waals surface area contributed by atoms with Gasteiger partial charge in [-0.15, -0.1) is 0 Å². The van der Waals surface area contributed by atoms with E-state index in [4.69, 9.17) is 0 Å². The molecule has 1 aliphatic rings. The van der Waals surface area contributed by atoms with Crippen molar-refractivity contribution in [3.8, 4) is 0 Å². The van der Waals surface area contributed by atoms with E-state index in [2.05, 4.69) is 4.99 Å². The van der Waals surface area contributed by atoms with Crippen LogP contribution in [0.25, 0.3) is 0 Å². The second kappa shape index (κ2) is 5.19. The number of benzene rings is 1. The summed E-state index contributed by atoms with van der Waals surface area (Å²) in [4.78, 5) is 30.5. The number of ketones is 1. The quantitative estimate of drug-likeness (QED) is 0.831. The van der Waals surface area contributed by atoms with E-state index in [-0.39, 0.29) is 17.6 Å². The van der Waals surface area contributed by atoms with E-state index in [9.17, 15) is 9.59 Å². The maximum Gasteiger partial charge on any atom is 0.227 e. The van der Waals surface area contributed by atoms with Gasteiger partial charge < -0.3 is 4.90 Å². The van der Waals surface area contributed by atoms with Crippen LogP contribution in [-0.2, 0) is 4.79 Å². The van der Waals surface area contributed by atoms with E-state index >= 15 is 0 Å². The molecule has 0 bridgehead atoms. The molecule has 0 N–H and O–H groups in total. The molecule has 1 unspecified atom stereocenters. The van der Waals surface area contributed by atoms with Crippen molar-refractivity contribution in [1.82, 2.24) is 4.90 Å². The average Bonchev–Trinajstić information content (AvgIpc) is 2.40. The predicted molar refractivity (Wildman–Crippen MR) is 79.5 cm³/mol. The lowest BCUT2D eigenvalue weighted by atomic mass is 9.92. The van der Waals surface area contributed by atoms with Crippen LogP contribution in [0.4, 0.5) is 5.69 Å². The largest absolute Gasteiger partial charge is 0.344 e. The van der Waals surface area contributed by atoms with E-state index in [1.165, 1.54) is 0 Å². The molecule has 1 heterocycles. The van der Waals surface area contributed by atoms with Crippen LogP contribution in [0.5, 0.6) is 0 Å². The molecule has 4 heteroatoms. The highest BCUT2D eigenvalue weighted by Crippen LogP contribution is 2.26. The highest BCUT2D eigenvalue weighted by Gasteiger charge is 2.30. The number of hydrogen-bond donors (Lipinski definition) is 0. The Kier molecular flexibility index (Phi) is 3.75. The van der Waals surface area contributed by atoms with Crippen LogP contribution in [0.15, 0.2) is 29.3 Å². The Bertz CT molecular complexity index is 570. The van der Waals surface area contributed by atoms with Crippen LogP contribution >= 0.6 is 0 Å². The summed E-state index contributed by atoms with van der Waals surface area (Å²) in [6.45, 7) is 5.99. The van der Waals surface area contributed by atoms with Gasteiger partial charge >= 0.3 is 0 Å². The van der Waals surface area contributed by atoms with Gasteiger partial charge in [-0.2, -0.15) is 0 Å². The number of nitrogens with zero attached hydrogens (tertiary/aromatic N) is 2. The lowest BCUT2D eigenvalue weighted by Gasteiger charge is -2.28. The average molecular weight is 272 g/mol.